The molecule has 14 nitrogen and oxygen atoms in total. The fraction of sp³-hybridized carbons (Fsp3) is 0.625. The molecule has 2 aromatic carbocycles. The molecule has 2 aromatic rings. The van der Waals surface area contributed by atoms with E-state index in [9.17, 15) is 45.1 Å². The van der Waals surface area contributed by atoms with Gasteiger partial charge in [0.25, 0.3) is 0 Å². The fourth-order valence-corrected chi connectivity index (χ4v) is 9.76. The summed E-state index contributed by atoms with van der Waals surface area (Å²) in [7, 11) is -10.0. The third-order valence-corrected chi connectivity index (χ3v) is 14.7. The molecule has 0 atom stereocenters. The number of unbranched alkanes of at least 4 members (excludes halogenated alkanes) is 24. The maximum Gasteiger partial charge on any atom is 2.00 e. The molecule has 0 unspecified atom stereocenters. The zero-order valence-electron chi connectivity index (χ0n) is 49.8. The molecular formula is C64H98CaO14S2. The van der Waals surface area contributed by atoms with Crippen molar-refractivity contribution in [2.24, 2.45) is 0 Å². The van der Waals surface area contributed by atoms with Gasteiger partial charge in [0.2, 0.25) is 0 Å². The quantitative estimate of drug-likeness (QED) is 0.0150. The maximum atomic E-state index is 12.8. The Balaban J connectivity index is 0.00000156. The summed E-state index contributed by atoms with van der Waals surface area (Å²) in [6, 6.07) is 7.11. The summed E-state index contributed by atoms with van der Waals surface area (Å²) in [5, 5.41) is 0. The number of hydrogen-bond acceptors (Lipinski definition) is 14. The van der Waals surface area contributed by atoms with E-state index in [1.54, 1.807) is 0 Å². The fourth-order valence-electron chi connectivity index (χ4n) is 8.39. The first-order valence-corrected chi connectivity index (χ1v) is 32.9. The molecule has 0 saturated heterocycles. The van der Waals surface area contributed by atoms with Gasteiger partial charge in [-0.1, -0.05) is 191 Å². The predicted octanol–water partition coefficient (Wildman–Crippen LogP) is 16.2. The normalized spacial score (nSPS) is 11.7. The van der Waals surface area contributed by atoms with Gasteiger partial charge in [-0.15, -0.1) is 0 Å². The van der Waals surface area contributed by atoms with Gasteiger partial charge < -0.3 is 28.1 Å². The molecule has 0 bridgehead atoms. The molecule has 0 aliphatic heterocycles. The van der Waals surface area contributed by atoms with Crippen molar-refractivity contribution in [2.45, 2.75) is 243 Å². The second-order valence-corrected chi connectivity index (χ2v) is 22.8. The Hall–Kier alpha value is -3.64. The molecular weight excluding hydrogens is 1100 g/mol. The Morgan fingerprint density at radius 3 is 0.815 bits per heavy atom. The van der Waals surface area contributed by atoms with E-state index >= 15 is 0 Å². The van der Waals surface area contributed by atoms with Gasteiger partial charge in [-0.25, -0.2) is 36.0 Å². The Bertz CT molecular complexity index is 2200. The molecule has 0 N–H and O–H groups in total. The molecule has 0 aliphatic rings. The minimum atomic E-state index is -5.00. The average molecular weight is 1200 g/mol. The van der Waals surface area contributed by atoms with E-state index in [-0.39, 0.29) is 75.3 Å². The monoisotopic (exact) mass is 1190 g/mol. The Labute approximate surface area is 518 Å². The van der Waals surface area contributed by atoms with E-state index in [1.807, 2.05) is 0 Å². The third-order valence-electron chi connectivity index (χ3n) is 12.9. The van der Waals surface area contributed by atoms with Crippen LogP contribution in [0.3, 0.4) is 0 Å². The van der Waals surface area contributed by atoms with E-state index in [2.05, 4.69) is 76.3 Å². The Kier molecular flexibility index (Phi) is 48.6. The molecule has 0 aliphatic carbocycles. The molecule has 0 amide bonds. The van der Waals surface area contributed by atoms with Crippen molar-refractivity contribution in [3.8, 4) is 0 Å². The van der Waals surface area contributed by atoms with Crippen LogP contribution in [0.4, 0.5) is 0 Å². The van der Waals surface area contributed by atoms with Crippen LogP contribution in [0.5, 0.6) is 0 Å². The standard InChI is InChI=1S/2C32H50O7S.Ca/c2*1-3-5-7-9-11-13-15-17-19-21-26-38-31(33)28-24-23-25-29(40(35,36)37)30(28)32(34)39-27-22-20-18-16-14-12-10-8-6-4-2;/h2*7-10,23-25H,3-6,11-22,26-27H2,1-2H3,(H,35,36,37);/q;;+2/p-2/b2*9-7+,10-8+;. The van der Waals surface area contributed by atoms with Gasteiger partial charge in [0.1, 0.15) is 20.2 Å². The van der Waals surface area contributed by atoms with Crippen molar-refractivity contribution in [1.82, 2.24) is 0 Å². The summed E-state index contributed by atoms with van der Waals surface area (Å²) in [6.07, 6.45) is 50.0. The van der Waals surface area contributed by atoms with Crippen LogP contribution in [-0.4, -0.2) is 114 Å². The number of rotatable bonds is 46. The van der Waals surface area contributed by atoms with E-state index < -0.39 is 65.0 Å². The third kappa shape index (κ3) is 38.8. The number of carbonyl (C=O) groups excluding carboxylic acids is 4. The van der Waals surface area contributed by atoms with Gasteiger partial charge >= 0.3 is 61.6 Å². The van der Waals surface area contributed by atoms with Gasteiger partial charge in [-0.05, 0) is 127 Å². The van der Waals surface area contributed by atoms with Crippen LogP contribution >= 0.6 is 0 Å². The summed E-state index contributed by atoms with van der Waals surface area (Å²) in [5.74, 6) is -3.69. The zero-order chi connectivity index (χ0) is 59.0. The minimum Gasteiger partial charge on any atom is -0.744 e. The van der Waals surface area contributed by atoms with Crippen molar-refractivity contribution in [3.63, 3.8) is 0 Å². The summed E-state index contributed by atoms with van der Waals surface area (Å²) in [4.78, 5) is 49.5. The van der Waals surface area contributed by atoms with Crippen LogP contribution in [0.2, 0.25) is 0 Å². The van der Waals surface area contributed by atoms with E-state index in [0.29, 0.717) is 25.7 Å². The second kappa shape index (κ2) is 50.8. The molecule has 2 rings (SSSR count). The van der Waals surface area contributed by atoms with Gasteiger partial charge in [0.15, 0.2) is 0 Å². The van der Waals surface area contributed by atoms with Crippen LogP contribution in [0, 0.1) is 0 Å². The van der Waals surface area contributed by atoms with Crippen molar-refractivity contribution < 1.29 is 64.1 Å². The molecule has 81 heavy (non-hydrogen) atoms. The molecule has 0 fully saturated rings. The summed E-state index contributed by atoms with van der Waals surface area (Å²) < 4.78 is 92.1. The smallest absolute Gasteiger partial charge is 0.744 e. The predicted molar refractivity (Wildman–Crippen MR) is 323 cm³/mol. The number of hydrogen-bond donors (Lipinski definition) is 0. The van der Waals surface area contributed by atoms with Crippen molar-refractivity contribution in [1.29, 1.82) is 0 Å². The van der Waals surface area contributed by atoms with Crippen molar-refractivity contribution >= 4 is 81.9 Å². The maximum absolute atomic E-state index is 12.8. The molecule has 452 valence electrons. The number of carbonyl (C=O) groups is 4. The minimum absolute atomic E-state index is 0. The Morgan fingerprint density at radius 1 is 0.346 bits per heavy atom. The van der Waals surface area contributed by atoms with Crippen LogP contribution < -0.4 is 0 Å². The number of esters is 4. The molecule has 0 spiro atoms. The van der Waals surface area contributed by atoms with E-state index in [4.69, 9.17) is 18.9 Å². The molecule has 0 aromatic heterocycles. The van der Waals surface area contributed by atoms with Gasteiger partial charge in [0.05, 0.1) is 58.5 Å². The number of benzene rings is 2. The molecule has 0 heterocycles. The SMILES string of the molecule is CCC/C=C/CCCCCCCOC(=O)c1cccc(S(=O)(=O)[O-])c1C(=O)OCCCCCCC/C=C/CCC.CCC/C=C/CCCCCCCOC(=O)c1cccc(S(=O)(=O)[O-])c1C(=O)OCCCCCCC/C=C/CCC.[Ca+2]. The van der Waals surface area contributed by atoms with Crippen LogP contribution in [0.15, 0.2) is 94.8 Å². The summed E-state index contributed by atoms with van der Waals surface area (Å²) >= 11 is 0. The van der Waals surface area contributed by atoms with Gasteiger partial charge in [-0.2, -0.15) is 0 Å². The van der Waals surface area contributed by atoms with Crippen LogP contribution in [0.1, 0.15) is 275 Å². The first-order chi connectivity index (χ1) is 38.6. The van der Waals surface area contributed by atoms with Crippen molar-refractivity contribution in [3.05, 3.63) is 107 Å². The van der Waals surface area contributed by atoms with E-state index in [0.717, 1.165) is 192 Å². The van der Waals surface area contributed by atoms with Crippen LogP contribution in [0.25, 0.3) is 0 Å². The van der Waals surface area contributed by atoms with Gasteiger partial charge in [-0.3, -0.25) is 0 Å². The first-order valence-electron chi connectivity index (χ1n) is 30.1. The van der Waals surface area contributed by atoms with Crippen molar-refractivity contribution in [2.75, 3.05) is 26.4 Å². The van der Waals surface area contributed by atoms with E-state index in [1.165, 1.54) is 24.3 Å². The summed E-state index contributed by atoms with van der Waals surface area (Å²) in [6.45, 7) is 9.06. The number of allylic oxidation sites excluding steroid dienone is 8. The Morgan fingerprint density at radius 2 is 0.568 bits per heavy atom. The average Bonchev–Trinajstić information content (AvgIpc) is 3.45. The summed E-state index contributed by atoms with van der Waals surface area (Å²) in [5.41, 5.74) is -1.62. The molecule has 0 radical (unpaired) electrons. The largest absolute Gasteiger partial charge is 2.00 e. The first kappa shape index (κ1) is 77.4. The topological polar surface area (TPSA) is 220 Å². The zero-order valence-corrected chi connectivity index (χ0v) is 53.6. The second-order valence-electron chi connectivity index (χ2n) is 20.1. The molecule has 0 saturated carbocycles. The van der Waals surface area contributed by atoms with Crippen LogP contribution in [-0.2, 0) is 39.2 Å². The number of ether oxygens (including phenoxy) is 4. The van der Waals surface area contributed by atoms with Gasteiger partial charge in [0, 0.05) is 0 Å². The molecule has 17 heteroatoms.